The number of rotatable bonds is 3. The van der Waals surface area contributed by atoms with Crippen LogP contribution >= 0.6 is 0 Å². The molecule has 1 N–H and O–H groups in total. The molecule has 5 rings (SSSR count). The number of nitrogens with one attached hydrogen (secondary N) is 1. The summed E-state index contributed by atoms with van der Waals surface area (Å²) in [4.78, 5) is 8.13. The highest BCUT2D eigenvalue weighted by Gasteiger charge is 2.31. The van der Waals surface area contributed by atoms with E-state index in [9.17, 15) is 0 Å². The molecule has 23 heavy (non-hydrogen) atoms. The van der Waals surface area contributed by atoms with E-state index in [0.717, 1.165) is 28.2 Å². The lowest BCUT2D eigenvalue weighted by molar-refractivity contribution is 0.174. The van der Waals surface area contributed by atoms with Crippen LogP contribution in [0.5, 0.6) is 17.2 Å². The second kappa shape index (κ2) is 4.41. The van der Waals surface area contributed by atoms with E-state index in [1.54, 1.807) is 7.11 Å². The summed E-state index contributed by atoms with van der Waals surface area (Å²) < 4.78 is 18.2. The van der Waals surface area contributed by atoms with E-state index in [0.29, 0.717) is 23.2 Å². The molecule has 1 fully saturated rings. The van der Waals surface area contributed by atoms with Gasteiger partial charge in [-0.3, -0.25) is 0 Å². The van der Waals surface area contributed by atoms with E-state index in [4.69, 9.17) is 19.2 Å². The quantitative estimate of drug-likeness (QED) is 0.804. The molecule has 3 heterocycles. The molecule has 2 aromatic heterocycles. The number of methoxy groups -OCH3 is 1. The molecule has 0 bridgehead atoms. The summed E-state index contributed by atoms with van der Waals surface area (Å²) in [7, 11) is 3.57. The molecular weight excluding hydrogens is 296 g/mol. The van der Waals surface area contributed by atoms with Gasteiger partial charge in [0.1, 0.15) is 17.1 Å². The highest BCUT2D eigenvalue weighted by atomic mass is 16.7. The van der Waals surface area contributed by atoms with E-state index in [1.807, 2.05) is 23.9 Å². The molecule has 2 aliphatic rings. The Balaban J connectivity index is 1.69. The van der Waals surface area contributed by atoms with Crippen LogP contribution in [0.2, 0.25) is 0 Å². The summed E-state index contributed by atoms with van der Waals surface area (Å²) in [6, 6.07) is 3.74. The Hall–Kier alpha value is -2.70. The van der Waals surface area contributed by atoms with Gasteiger partial charge < -0.3 is 19.2 Å². The molecule has 1 saturated carbocycles. The fourth-order valence-electron chi connectivity index (χ4n) is 3.08. The lowest BCUT2D eigenvalue weighted by atomic mass is 10.1. The van der Waals surface area contributed by atoms with Crippen LogP contribution in [-0.2, 0) is 7.05 Å². The number of aromatic amines is 1. The van der Waals surface area contributed by atoms with Gasteiger partial charge in [-0.1, -0.05) is 0 Å². The van der Waals surface area contributed by atoms with Gasteiger partial charge in [0, 0.05) is 19.0 Å². The largest absolute Gasteiger partial charge is 0.496 e. The first-order valence-electron chi connectivity index (χ1n) is 7.65. The molecule has 1 aliphatic carbocycles. The zero-order valence-corrected chi connectivity index (χ0v) is 12.9. The van der Waals surface area contributed by atoms with Gasteiger partial charge in [-0.2, -0.15) is 5.10 Å². The molecule has 0 saturated heterocycles. The van der Waals surface area contributed by atoms with Crippen molar-refractivity contribution in [1.82, 2.24) is 19.7 Å². The number of H-pyrrole nitrogens is 1. The molecule has 7 heteroatoms. The van der Waals surface area contributed by atoms with Crippen molar-refractivity contribution in [2.24, 2.45) is 7.05 Å². The third kappa shape index (κ3) is 1.82. The Labute approximate surface area is 132 Å². The number of nitrogens with zero attached hydrogens (tertiary/aromatic N) is 3. The minimum absolute atomic E-state index is 0.234. The van der Waals surface area contributed by atoms with Gasteiger partial charge in [0.05, 0.1) is 18.4 Å². The highest BCUT2D eigenvalue weighted by molar-refractivity contribution is 5.82. The summed E-state index contributed by atoms with van der Waals surface area (Å²) in [6.07, 6.45) is 2.40. The van der Waals surface area contributed by atoms with E-state index in [1.165, 1.54) is 12.8 Å². The van der Waals surface area contributed by atoms with Crippen LogP contribution in [0.4, 0.5) is 0 Å². The van der Waals surface area contributed by atoms with Crippen LogP contribution in [0.15, 0.2) is 12.1 Å². The lowest BCUT2D eigenvalue weighted by Crippen LogP contribution is -1.94. The predicted octanol–water partition coefficient (Wildman–Crippen LogP) is 2.58. The SMILES string of the molecule is COc1cc2c(cc1-c1nc3c([nH]1)c(C1CC1)nn3C)OCO2. The number of aromatic nitrogens is 4. The molecule has 118 valence electrons. The molecule has 0 amide bonds. The normalized spacial score (nSPS) is 16.3. The van der Waals surface area contributed by atoms with Gasteiger partial charge in [0.15, 0.2) is 17.1 Å². The average Bonchev–Trinajstić information content (AvgIpc) is 3.02. The third-order valence-electron chi connectivity index (χ3n) is 4.42. The number of fused-ring (bicyclic) bond motifs is 2. The highest BCUT2D eigenvalue weighted by Crippen LogP contribution is 2.44. The second-order valence-corrected chi connectivity index (χ2v) is 5.97. The smallest absolute Gasteiger partial charge is 0.231 e. The summed E-state index contributed by atoms with van der Waals surface area (Å²) in [5.74, 6) is 3.42. The number of aryl methyl sites for hydroxylation is 1. The van der Waals surface area contributed by atoms with Gasteiger partial charge in [-0.25, -0.2) is 9.67 Å². The van der Waals surface area contributed by atoms with Crippen LogP contribution in [-0.4, -0.2) is 33.7 Å². The van der Waals surface area contributed by atoms with Crippen LogP contribution < -0.4 is 14.2 Å². The van der Waals surface area contributed by atoms with Crippen molar-refractivity contribution < 1.29 is 14.2 Å². The number of imidazole rings is 1. The predicted molar refractivity (Wildman–Crippen MR) is 82.9 cm³/mol. The monoisotopic (exact) mass is 312 g/mol. The number of benzene rings is 1. The maximum absolute atomic E-state index is 5.50. The van der Waals surface area contributed by atoms with Gasteiger partial charge in [-0.15, -0.1) is 0 Å². The summed E-state index contributed by atoms with van der Waals surface area (Å²) in [5, 5.41) is 4.59. The third-order valence-corrected chi connectivity index (χ3v) is 4.42. The van der Waals surface area contributed by atoms with E-state index in [-0.39, 0.29) is 6.79 Å². The van der Waals surface area contributed by atoms with Crippen molar-refractivity contribution >= 4 is 11.2 Å². The number of hydrogen-bond donors (Lipinski definition) is 1. The first-order chi connectivity index (χ1) is 11.2. The Morgan fingerprint density at radius 2 is 2.04 bits per heavy atom. The Kier molecular flexibility index (Phi) is 2.45. The standard InChI is InChI=1S/C16H16N4O3/c1-20-16-14(13(19-20)8-3-4-8)17-15(18-16)9-5-11-12(23-7-22-11)6-10(9)21-2/h5-6,8H,3-4,7H2,1-2H3,(H,17,18). The van der Waals surface area contributed by atoms with Crippen molar-refractivity contribution in [3.63, 3.8) is 0 Å². The van der Waals surface area contributed by atoms with Crippen molar-refractivity contribution in [2.45, 2.75) is 18.8 Å². The molecule has 7 nitrogen and oxygen atoms in total. The fraction of sp³-hybridized carbons (Fsp3) is 0.375. The summed E-state index contributed by atoms with van der Waals surface area (Å²) in [6.45, 7) is 0.234. The van der Waals surface area contributed by atoms with Crippen molar-refractivity contribution in [3.05, 3.63) is 17.8 Å². The van der Waals surface area contributed by atoms with Crippen LogP contribution in [0.3, 0.4) is 0 Å². The average molecular weight is 312 g/mol. The maximum atomic E-state index is 5.50. The lowest BCUT2D eigenvalue weighted by Gasteiger charge is -2.07. The van der Waals surface area contributed by atoms with Crippen LogP contribution in [0.25, 0.3) is 22.6 Å². The first kappa shape index (κ1) is 12.8. The zero-order chi connectivity index (χ0) is 15.6. The topological polar surface area (TPSA) is 74.2 Å². The first-order valence-corrected chi connectivity index (χ1v) is 7.65. The van der Waals surface area contributed by atoms with Gasteiger partial charge in [0.25, 0.3) is 0 Å². The van der Waals surface area contributed by atoms with E-state index < -0.39 is 0 Å². The fourth-order valence-corrected chi connectivity index (χ4v) is 3.08. The minimum atomic E-state index is 0.234. The molecule has 0 radical (unpaired) electrons. The Morgan fingerprint density at radius 1 is 1.26 bits per heavy atom. The molecule has 1 aromatic carbocycles. The molecule has 3 aromatic rings. The van der Waals surface area contributed by atoms with Crippen molar-refractivity contribution in [2.75, 3.05) is 13.9 Å². The maximum Gasteiger partial charge on any atom is 0.231 e. The van der Waals surface area contributed by atoms with Gasteiger partial charge in [0.2, 0.25) is 6.79 Å². The second-order valence-electron chi connectivity index (χ2n) is 5.97. The summed E-state index contributed by atoms with van der Waals surface area (Å²) >= 11 is 0. The molecule has 1 aliphatic heterocycles. The van der Waals surface area contributed by atoms with Crippen molar-refractivity contribution in [1.29, 1.82) is 0 Å². The molecule has 0 unspecified atom stereocenters. The Morgan fingerprint density at radius 3 is 2.78 bits per heavy atom. The van der Waals surface area contributed by atoms with E-state index in [2.05, 4.69) is 10.1 Å². The minimum Gasteiger partial charge on any atom is -0.496 e. The number of ether oxygens (including phenoxy) is 3. The van der Waals surface area contributed by atoms with Crippen molar-refractivity contribution in [3.8, 4) is 28.6 Å². The molecular formula is C16H16N4O3. The Bertz CT molecular complexity index is 923. The molecule has 0 spiro atoms. The van der Waals surface area contributed by atoms with Gasteiger partial charge >= 0.3 is 0 Å². The number of hydrogen-bond acceptors (Lipinski definition) is 5. The summed E-state index contributed by atoms with van der Waals surface area (Å²) in [5.41, 5.74) is 3.85. The van der Waals surface area contributed by atoms with E-state index >= 15 is 0 Å². The zero-order valence-electron chi connectivity index (χ0n) is 12.9. The molecule has 0 atom stereocenters. The van der Waals surface area contributed by atoms with Crippen LogP contribution in [0, 0.1) is 0 Å². The van der Waals surface area contributed by atoms with Crippen LogP contribution in [0.1, 0.15) is 24.5 Å². The van der Waals surface area contributed by atoms with Gasteiger partial charge in [-0.05, 0) is 18.9 Å².